The van der Waals surface area contributed by atoms with Crippen molar-refractivity contribution in [1.29, 1.82) is 0 Å². The lowest BCUT2D eigenvalue weighted by Gasteiger charge is -2.23. The van der Waals surface area contributed by atoms with Crippen LogP contribution in [0, 0.1) is 17.6 Å². The van der Waals surface area contributed by atoms with E-state index in [4.69, 9.17) is 11.6 Å². The van der Waals surface area contributed by atoms with Crippen LogP contribution in [0.2, 0.25) is 0 Å². The third kappa shape index (κ3) is 2.84. The highest BCUT2D eigenvalue weighted by Gasteiger charge is 2.33. The zero-order valence-corrected chi connectivity index (χ0v) is 12.2. The molecule has 0 saturated carbocycles. The van der Waals surface area contributed by atoms with E-state index in [0.29, 0.717) is 30.6 Å². The standard InChI is InChI=1S/C14H19ClF2N2/c1-9-7-19(8-13(9)18(2)3)14-11(16)4-10(6-15)5-12(14)17/h4-5,9,13H,6-8H2,1-3H3. The molecule has 0 amide bonds. The van der Waals surface area contributed by atoms with Gasteiger partial charge < -0.3 is 9.80 Å². The van der Waals surface area contributed by atoms with Crippen molar-refractivity contribution in [3.05, 3.63) is 29.3 Å². The summed E-state index contributed by atoms with van der Waals surface area (Å²) in [5.41, 5.74) is 0.543. The lowest BCUT2D eigenvalue weighted by Crippen LogP contribution is -2.34. The van der Waals surface area contributed by atoms with Gasteiger partial charge in [0.1, 0.15) is 17.3 Å². The Morgan fingerprint density at radius 2 is 1.84 bits per heavy atom. The molecule has 1 aliphatic heterocycles. The molecule has 1 aromatic rings. The van der Waals surface area contributed by atoms with Crippen LogP contribution in [-0.4, -0.2) is 38.1 Å². The van der Waals surface area contributed by atoms with Crippen molar-refractivity contribution in [2.24, 2.45) is 5.92 Å². The van der Waals surface area contributed by atoms with Gasteiger partial charge in [-0.15, -0.1) is 11.6 Å². The Morgan fingerprint density at radius 1 is 1.26 bits per heavy atom. The summed E-state index contributed by atoms with van der Waals surface area (Å²) in [6, 6.07) is 2.95. The largest absolute Gasteiger partial charge is 0.365 e. The summed E-state index contributed by atoms with van der Waals surface area (Å²) >= 11 is 5.62. The van der Waals surface area contributed by atoms with Crippen molar-refractivity contribution in [1.82, 2.24) is 4.90 Å². The summed E-state index contributed by atoms with van der Waals surface area (Å²) in [6.07, 6.45) is 0. The molecule has 0 bridgehead atoms. The number of nitrogens with zero attached hydrogens (tertiary/aromatic N) is 2. The fourth-order valence-corrected chi connectivity index (χ4v) is 2.96. The molecule has 5 heteroatoms. The van der Waals surface area contributed by atoms with Gasteiger partial charge in [0, 0.05) is 25.0 Å². The molecule has 0 aromatic heterocycles. The SMILES string of the molecule is CC1CN(c2c(F)cc(CCl)cc2F)CC1N(C)C. The molecule has 19 heavy (non-hydrogen) atoms. The van der Waals surface area contributed by atoms with E-state index in [0.717, 1.165) is 0 Å². The number of benzene rings is 1. The first-order valence-corrected chi connectivity index (χ1v) is 6.92. The first-order valence-electron chi connectivity index (χ1n) is 6.39. The summed E-state index contributed by atoms with van der Waals surface area (Å²) in [5.74, 6) is -0.559. The van der Waals surface area contributed by atoms with E-state index >= 15 is 0 Å². The highest BCUT2D eigenvalue weighted by molar-refractivity contribution is 6.17. The van der Waals surface area contributed by atoms with Gasteiger partial charge in [0.25, 0.3) is 0 Å². The molecule has 2 nitrogen and oxygen atoms in total. The van der Waals surface area contributed by atoms with Gasteiger partial charge in [-0.05, 0) is 37.7 Å². The second-order valence-corrected chi connectivity index (χ2v) is 5.72. The van der Waals surface area contributed by atoms with E-state index in [-0.39, 0.29) is 11.6 Å². The number of anilines is 1. The van der Waals surface area contributed by atoms with Crippen LogP contribution in [0.4, 0.5) is 14.5 Å². The van der Waals surface area contributed by atoms with Crippen molar-refractivity contribution in [2.75, 3.05) is 32.1 Å². The summed E-state index contributed by atoms with van der Waals surface area (Å²) in [5, 5.41) is 0. The molecule has 0 spiro atoms. The van der Waals surface area contributed by atoms with Gasteiger partial charge in [-0.25, -0.2) is 8.78 Å². The second-order valence-electron chi connectivity index (χ2n) is 5.45. The van der Waals surface area contributed by atoms with Gasteiger partial charge in [0.2, 0.25) is 0 Å². The van der Waals surface area contributed by atoms with Crippen LogP contribution in [0.3, 0.4) is 0 Å². The fraction of sp³-hybridized carbons (Fsp3) is 0.571. The average Bonchev–Trinajstić information content (AvgIpc) is 2.70. The van der Waals surface area contributed by atoms with Gasteiger partial charge in [0.15, 0.2) is 0 Å². The van der Waals surface area contributed by atoms with E-state index in [1.807, 2.05) is 14.1 Å². The lowest BCUT2D eigenvalue weighted by molar-refractivity contribution is 0.266. The molecule has 1 saturated heterocycles. The van der Waals surface area contributed by atoms with E-state index in [1.54, 1.807) is 4.90 Å². The third-order valence-electron chi connectivity index (χ3n) is 3.78. The molecule has 106 valence electrons. The topological polar surface area (TPSA) is 6.48 Å². The molecular formula is C14H19ClF2N2. The molecular weight excluding hydrogens is 270 g/mol. The van der Waals surface area contributed by atoms with Crippen molar-refractivity contribution in [3.63, 3.8) is 0 Å². The zero-order chi connectivity index (χ0) is 14.2. The van der Waals surface area contributed by atoms with Crippen LogP contribution in [0.5, 0.6) is 0 Å². The maximum absolute atomic E-state index is 14.1. The normalized spacial score (nSPS) is 23.4. The fourth-order valence-electron chi connectivity index (χ4n) is 2.80. The third-order valence-corrected chi connectivity index (χ3v) is 4.09. The molecule has 2 rings (SSSR count). The number of hydrogen-bond donors (Lipinski definition) is 0. The highest BCUT2D eigenvalue weighted by Crippen LogP contribution is 2.31. The number of alkyl halides is 1. The van der Waals surface area contributed by atoms with Gasteiger partial charge in [-0.2, -0.15) is 0 Å². The van der Waals surface area contributed by atoms with Gasteiger partial charge in [0.05, 0.1) is 0 Å². The Hall–Kier alpha value is -0.870. The van der Waals surface area contributed by atoms with Crippen molar-refractivity contribution in [3.8, 4) is 0 Å². The van der Waals surface area contributed by atoms with Crippen LogP contribution in [0.15, 0.2) is 12.1 Å². The molecule has 1 heterocycles. The first-order chi connectivity index (χ1) is 8.93. The monoisotopic (exact) mass is 288 g/mol. The number of halogens is 3. The molecule has 0 aliphatic carbocycles. The number of hydrogen-bond acceptors (Lipinski definition) is 2. The van der Waals surface area contributed by atoms with Crippen LogP contribution < -0.4 is 4.90 Å². The maximum Gasteiger partial charge on any atom is 0.149 e. The highest BCUT2D eigenvalue weighted by atomic mass is 35.5. The molecule has 2 atom stereocenters. The molecule has 2 unspecified atom stereocenters. The molecule has 0 N–H and O–H groups in total. The van der Waals surface area contributed by atoms with Crippen LogP contribution in [-0.2, 0) is 5.88 Å². The van der Waals surface area contributed by atoms with Crippen LogP contribution in [0.1, 0.15) is 12.5 Å². The minimum Gasteiger partial charge on any atom is -0.365 e. The average molecular weight is 289 g/mol. The zero-order valence-electron chi connectivity index (χ0n) is 11.5. The Balaban J connectivity index is 2.29. The van der Waals surface area contributed by atoms with Crippen molar-refractivity contribution >= 4 is 17.3 Å². The summed E-state index contributed by atoms with van der Waals surface area (Å²) < 4.78 is 28.1. The van der Waals surface area contributed by atoms with Crippen molar-refractivity contribution < 1.29 is 8.78 Å². The maximum atomic E-state index is 14.1. The number of rotatable bonds is 3. The quantitative estimate of drug-likeness (QED) is 0.789. The Bertz CT molecular complexity index is 442. The van der Waals surface area contributed by atoms with Gasteiger partial charge >= 0.3 is 0 Å². The predicted octanol–water partition coefficient (Wildman–Crippen LogP) is 3.09. The number of likely N-dealkylation sites (N-methyl/N-ethyl adjacent to an activating group) is 1. The second kappa shape index (κ2) is 5.63. The smallest absolute Gasteiger partial charge is 0.149 e. The molecule has 0 radical (unpaired) electrons. The summed E-state index contributed by atoms with van der Waals surface area (Å²) in [6.45, 7) is 3.41. The van der Waals surface area contributed by atoms with Crippen LogP contribution >= 0.6 is 11.6 Å². The Labute approximate surface area is 117 Å². The summed E-state index contributed by atoms with van der Waals surface area (Å²) in [4.78, 5) is 3.89. The van der Waals surface area contributed by atoms with Crippen LogP contribution in [0.25, 0.3) is 0 Å². The minimum absolute atomic E-state index is 0.0741. The Morgan fingerprint density at radius 3 is 2.26 bits per heavy atom. The van der Waals surface area contributed by atoms with Gasteiger partial charge in [-0.1, -0.05) is 6.92 Å². The first kappa shape index (κ1) is 14.5. The molecule has 1 aliphatic rings. The van der Waals surface area contributed by atoms with E-state index in [2.05, 4.69) is 11.8 Å². The van der Waals surface area contributed by atoms with E-state index < -0.39 is 11.6 Å². The van der Waals surface area contributed by atoms with E-state index in [9.17, 15) is 8.78 Å². The lowest BCUT2D eigenvalue weighted by atomic mass is 10.1. The van der Waals surface area contributed by atoms with E-state index in [1.165, 1.54) is 12.1 Å². The molecule has 1 aromatic carbocycles. The minimum atomic E-state index is -0.526. The summed E-state index contributed by atoms with van der Waals surface area (Å²) in [7, 11) is 3.99. The van der Waals surface area contributed by atoms with Crippen molar-refractivity contribution in [2.45, 2.75) is 18.8 Å². The Kier molecular flexibility index (Phi) is 4.31. The molecule has 1 fully saturated rings. The predicted molar refractivity (Wildman–Crippen MR) is 74.8 cm³/mol. The van der Waals surface area contributed by atoms with Gasteiger partial charge in [-0.3, -0.25) is 0 Å².